The van der Waals surface area contributed by atoms with Gasteiger partial charge in [-0.15, -0.1) is 0 Å². The van der Waals surface area contributed by atoms with Crippen molar-refractivity contribution in [3.8, 4) is 17.2 Å². The summed E-state index contributed by atoms with van der Waals surface area (Å²) in [5.74, 6) is 0.152. The standard InChI is InChI=1S/C16H18O5/c1-3-4-5-6-10-20-15-14(19-2)13-11(17)8-7-9-12(13)21-16(15)18/h4-5,7-9,17H,3,6,10H2,1-2H3/b5-4+. The topological polar surface area (TPSA) is 68.9 Å². The Kier molecular flexibility index (Phi) is 4.87. The van der Waals surface area contributed by atoms with Crippen LogP contribution >= 0.6 is 0 Å². The number of fused-ring (bicyclic) bond motifs is 1. The van der Waals surface area contributed by atoms with Crippen molar-refractivity contribution in [1.82, 2.24) is 0 Å². The molecule has 0 spiro atoms. The van der Waals surface area contributed by atoms with Crippen molar-refractivity contribution in [3.63, 3.8) is 0 Å². The fourth-order valence-electron chi connectivity index (χ4n) is 2.02. The lowest BCUT2D eigenvalue weighted by Crippen LogP contribution is -2.10. The Morgan fingerprint density at radius 2 is 2.10 bits per heavy atom. The van der Waals surface area contributed by atoms with E-state index >= 15 is 0 Å². The zero-order valence-corrected chi connectivity index (χ0v) is 12.1. The van der Waals surface area contributed by atoms with Crippen LogP contribution in [0, 0.1) is 0 Å². The minimum absolute atomic E-state index is 0.0172. The van der Waals surface area contributed by atoms with Gasteiger partial charge in [0.1, 0.15) is 16.7 Å². The van der Waals surface area contributed by atoms with E-state index in [1.165, 1.54) is 13.2 Å². The van der Waals surface area contributed by atoms with Gasteiger partial charge >= 0.3 is 5.63 Å². The second kappa shape index (κ2) is 6.83. The van der Waals surface area contributed by atoms with E-state index in [4.69, 9.17) is 13.9 Å². The first kappa shape index (κ1) is 15.0. The molecule has 0 saturated heterocycles. The van der Waals surface area contributed by atoms with Gasteiger partial charge in [-0.05, 0) is 25.0 Å². The molecular weight excluding hydrogens is 272 g/mol. The Hall–Kier alpha value is -2.43. The summed E-state index contributed by atoms with van der Waals surface area (Å²) in [7, 11) is 1.42. The van der Waals surface area contributed by atoms with Crippen LogP contribution in [0.5, 0.6) is 17.2 Å². The lowest BCUT2D eigenvalue weighted by atomic mass is 10.2. The molecule has 2 aromatic rings. The highest BCUT2D eigenvalue weighted by atomic mass is 16.5. The van der Waals surface area contributed by atoms with E-state index in [0.29, 0.717) is 18.4 Å². The molecule has 1 N–H and O–H groups in total. The molecule has 0 atom stereocenters. The first-order chi connectivity index (χ1) is 10.2. The molecule has 1 aromatic heterocycles. The summed E-state index contributed by atoms with van der Waals surface area (Å²) in [4.78, 5) is 12.0. The zero-order chi connectivity index (χ0) is 15.2. The highest BCUT2D eigenvalue weighted by Crippen LogP contribution is 2.37. The van der Waals surface area contributed by atoms with Gasteiger partial charge in [-0.25, -0.2) is 4.79 Å². The summed E-state index contributed by atoms with van der Waals surface area (Å²) in [6, 6.07) is 4.68. The van der Waals surface area contributed by atoms with Crippen molar-refractivity contribution >= 4 is 11.0 Å². The largest absolute Gasteiger partial charge is 0.507 e. The third-order valence-electron chi connectivity index (χ3n) is 2.96. The van der Waals surface area contributed by atoms with Crippen LogP contribution in [-0.4, -0.2) is 18.8 Å². The molecule has 2 rings (SSSR count). The lowest BCUT2D eigenvalue weighted by molar-refractivity contribution is 0.285. The van der Waals surface area contributed by atoms with Crippen molar-refractivity contribution in [1.29, 1.82) is 0 Å². The lowest BCUT2D eigenvalue weighted by Gasteiger charge is -2.11. The Labute approximate surface area is 122 Å². The van der Waals surface area contributed by atoms with E-state index in [1.54, 1.807) is 12.1 Å². The highest BCUT2D eigenvalue weighted by Gasteiger charge is 2.19. The molecule has 5 heteroatoms. The fraction of sp³-hybridized carbons (Fsp3) is 0.312. The second-order valence-electron chi connectivity index (χ2n) is 4.42. The number of aromatic hydroxyl groups is 1. The molecule has 1 heterocycles. The van der Waals surface area contributed by atoms with Crippen LogP contribution in [-0.2, 0) is 0 Å². The average molecular weight is 290 g/mol. The summed E-state index contributed by atoms with van der Waals surface area (Å²) in [5, 5.41) is 10.3. The number of allylic oxidation sites excluding steroid dienone is 1. The van der Waals surface area contributed by atoms with Crippen LogP contribution in [0.25, 0.3) is 11.0 Å². The van der Waals surface area contributed by atoms with Crippen molar-refractivity contribution in [3.05, 3.63) is 40.8 Å². The van der Waals surface area contributed by atoms with Gasteiger partial charge in [-0.3, -0.25) is 0 Å². The highest BCUT2D eigenvalue weighted by molar-refractivity contribution is 5.91. The van der Waals surface area contributed by atoms with Gasteiger partial charge in [0, 0.05) is 0 Å². The second-order valence-corrected chi connectivity index (χ2v) is 4.42. The minimum atomic E-state index is -0.621. The van der Waals surface area contributed by atoms with Gasteiger partial charge in [0.05, 0.1) is 13.7 Å². The van der Waals surface area contributed by atoms with Crippen LogP contribution in [0.2, 0.25) is 0 Å². The molecule has 0 aliphatic rings. The van der Waals surface area contributed by atoms with E-state index in [2.05, 4.69) is 0 Å². The minimum Gasteiger partial charge on any atom is -0.507 e. The molecule has 112 valence electrons. The number of ether oxygens (including phenoxy) is 2. The molecule has 0 unspecified atom stereocenters. The maximum absolute atomic E-state index is 12.0. The number of phenolic OH excluding ortho intramolecular Hbond substituents is 1. The number of rotatable bonds is 6. The molecule has 0 radical (unpaired) electrons. The third kappa shape index (κ3) is 3.18. The molecular formula is C16H18O5. The summed E-state index contributed by atoms with van der Waals surface area (Å²) in [6.45, 7) is 2.37. The fourth-order valence-corrected chi connectivity index (χ4v) is 2.02. The van der Waals surface area contributed by atoms with Gasteiger partial charge in [0.2, 0.25) is 5.75 Å². The number of phenols is 1. The summed E-state index contributed by atoms with van der Waals surface area (Å²) < 4.78 is 15.9. The van der Waals surface area contributed by atoms with Crippen LogP contribution in [0.1, 0.15) is 19.8 Å². The SMILES string of the molecule is CC/C=C/CCOc1c(OC)c2c(O)cccc2oc1=O. The molecule has 0 amide bonds. The van der Waals surface area contributed by atoms with Crippen molar-refractivity contribution in [2.45, 2.75) is 19.8 Å². The van der Waals surface area contributed by atoms with Gasteiger partial charge in [-0.1, -0.05) is 25.1 Å². The number of hydrogen-bond donors (Lipinski definition) is 1. The van der Waals surface area contributed by atoms with Crippen LogP contribution < -0.4 is 15.1 Å². The van der Waals surface area contributed by atoms with Crippen molar-refractivity contribution in [2.24, 2.45) is 0 Å². The molecule has 0 saturated carbocycles. The van der Waals surface area contributed by atoms with Crippen LogP contribution in [0.15, 0.2) is 39.6 Å². The monoisotopic (exact) mass is 290 g/mol. The van der Waals surface area contributed by atoms with E-state index in [9.17, 15) is 9.90 Å². The molecule has 5 nitrogen and oxygen atoms in total. The number of benzene rings is 1. The molecule has 1 aromatic carbocycles. The van der Waals surface area contributed by atoms with Crippen molar-refractivity contribution in [2.75, 3.05) is 13.7 Å². The molecule has 0 fully saturated rings. The summed E-state index contributed by atoms with van der Waals surface area (Å²) >= 11 is 0. The average Bonchev–Trinajstić information content (AvgIpc) is 2.47. The molecule has 0 aliphatic heterocycles. The van der Waals surface area contributed by atoms with E-state index < -0.39 is 5.63 Å². The quantitative estimate of drug-likeness (QED) is 0.502. The summed E-state index contributed by atoms with van der Waals surface area (Å²) in [5.41, 5.74) is -0.362. The normalized spacial score (nSPS) is 11.1. The predicted octanol–water partition coefficient (Wildman–Crippen LogP) is 3.24. The molecule has 21 heavy (non-hydrogen) atoms. The first-order valence-corrected chi connectivity index (χ1v) is 6.79. The van der Waals surface area contributed by atoms with Gasteiger partial charge in [0.15, 0.2) is 5.75 Å². The van der Waals surface area contributed by atoms with Gasteiger partial charge in [-0.2, -0.15) is 0 Å². The Morgan fingerprint density at radius 3 is 2.81 bits per heavy atom. The first-order valence-electron chi connectivity index (χ1n) is 6.79. The molecule has 0 bridgehead atoms. The Balaban J connectivity index is 2.38. The smallest absolute Gasteiger partial charge is 0.383 e. The number of hydrogen-bond acceptors (Lipinski definition) is 5. The van der Waals surface area contributed by atoms with Gasteiger partial charge in [0.25, 0.3) is 0 Å². The van der Waals surface area contributed by atoms with E-state index in [0.717, 1.165) is 6.42 Å². The maximum Gasteiger partial charge on any atom is 0.383 e. The maximum atomic E-state index is 12.0. The molecule has 0 aliphatic carbocycles. The van der Waals surface area contributed by atoms with E-state index in [-0.39, 0.29) is 22.8 Å². The Bertz CT molecular complexity index is 700. The van der Waals surface area contributed by atoms with E-state index in [1.807, 2.05) is 19.1 Å². The summed E-state index contributed by atoms with van der Waals surface area (Å²) in [6.07, 6.45) is 5.63. The zero-order valence-electron chi connectivity index (χ0n) is 12.1. The van der Waals surface area contributed by atoms with Gasteiger partial charge < -0.3 is 19.0 Å². The third-order valence-corrected chi connectivity index (χ3v) is 2.96. The van der Waals surface area contributed by atoms with Crippen LogP contribution in [0.4, 0.5) is 0 Å². The predicted molar refractivity (Wildman–Crippen MR) is 80.2 cm³/mol. The Morgan fingerprint density at radius 1 is 1.29 bits per heavy atom. The van der Waals surface area contributed by atoms with Crippen LogP contribution in [0.3, 0.4) is 0 Å². The van der Waals surface area contributed by atoms with Crippen molar-refractivity contribution < 1.29 is 19.0 Å². The number of methoxy groups -OCH3 is 1.